The van der Waals surface area contributed by atoms with Crippen LogP contribution in [0.5, 0.6) is 0 Å². The van der Waals surface area contributed by atoms with Crippen LogP contribution in [0.4, 0.5) is 5.69 Å². The first kappa shape index (κ1) is 15.2. The van der Waals surface area contributed by atoms with Crippen molar-refractivity contribution in [3.05, 3.63) is 39.4 Å². The quantitative estimate of drug-likeness (QED) is 0.526. The molecule has 0 heterocycles. The number of hydrogen-bond acceptors (Lipinski definition) is 4. The van der Waals surface area contributed by atoms with Gasteiger partial charge in [0.25, 0.3) is 11.6 Å². The van der Waals surface area contributed by atoms with Gasteiger partial charge in [0.05, 0.1) is 10.5 Å². The highest BCUT2D eigenvalue weighted by Crippen LogP contribution is 2.21. The number of nitro groups is 1. The van der Waals surface area contributed by atoms with E-state index >= 15 is 0 Å². The van der Waals surface area contributed by atoms with Gasteiger partial charge in [0.1, 0.15) is 0 Å². The zero-order valence-corrected chi connectivity index (χ0v) is 12.1. The Bertz CT molecular complexity index is 572. The third-order valence-corrected chi connectivity index (χ3v) is 3.74. The van der Waals surface area contributed by atoms with Crippen LogP contribution >= 0.6 is 0 Å². The van der Waals surface area contributed by atoms with Gasteiger partial charge in [-0.2, -0.15) is 5.10 Å². The molecule has 0 bridgehead atoms. The van der Waals surface area contributed by atoms with Crippen molar-refractivity contribution in [2.24, 2.45) is 5.10 Å². The van der Waals surface area contributed by atoms with Crippen molar-refractivity contribution in [1.82, 2.24) is 5.43 Å². The lowest BCUT2D eigenvalue weighted by atomic mass is 10.1. The van der Waals surface area contributed by atoms with E-state index in [4.69, 9.17) is 0 Å². The number of nitrogens with zero attached hydrogens (tertiary/aromatic N) is 2. The van der Waals surface area contributed by atoms with E-state index < -0.39 is 10.8 Å². The molecule has 2 rings (SSSR count). The van der Waals surface area contributed by atoms with Crippen LogP contribution in [-0.2, 0) is 0 Å². The average Bonchev–Trinajstić information content (AvgIpc) is 2.73. The van der Waals surface area contributed by atoms with E-state index in [1.54, 1.807) is 13.0 Å². The van der Waals surface area contributed by atoms with E-state index in [1.165, 1.54) is 25.0 Å². The highest BCUT2D eigenvalue weighted by molar-refractivity contribution is 5.97. The van der Waals surface area contributed by atoms with Gasteiger partial charge in [-0.25, -0.2) is 5.43 Å². The van der Waals surface area contributed by atoms with Crippen molar-refractivity contribution in [2.45, 2.75) is 45.4 Å². The van der Waals surface area contributed by atoms with Crippen molar-refractivity contribution in [3.63, 3.8) is 0 Å². The van der Waals surface area contributed by atoms with E-state index in [1.807, 2.05) is 0 Å². The molecular weight excluding hydrogens is 270 g/mol. The summed E-state index contributed by atoms with van der Waals surface area (Å²) in [6.07, 6.45) is 6.44. The van der Waals surface area contributed by atoms with E-state index in [2.05, 4.69) is 10.5 Å². The summed E-state index contributed by atoms with van der Waals surface area (Å²) in [5, 5.41) is 15.1. The Labute approximate surface area is 123 Å². The van der Waals surface area contributed by atoms with Gasteiger partial charge in [-0.15, -0.1) is 0 Å². The van der Waals surface area contributed by atoms with Gasteiger partial charge in [-0.05, 0) is 38.7 Å². The topological polar surface area (TPSA) is 84.6 Å². The first-order chi connectivity index (χ1) is 10.1. The zero-order chi connectivity index (χ0) is 15.2. The number of nitrogens with one attached hydrogen (secondary N) is 1. The Hall–Kier alpha value is -2.24. The predicted octanol–water partition coefficient (Wildman–Crippen LogP) is 3.34. The SMILES string of the molecule is Cc1c(C(=O)NN=C2CCCCCC2)cccc1[N+](=O)[O-]. The molecule has 1 aromatic carbocycles. The molecule has 1 aromatic rings. The van der Waals surface area contributed by atoms with Crippen molar-refractivity contribution < 1.29 is 9.72 Å². The number of rotatable bonds is 3. The molecule has 1 fully saturated rings. The maximum atomic E-state index is 12.1. The second-order valence-corrected chi connectivity index (χ2v) is 5.24. The van der Waals surface area contributed by atoms with E-state index in [-0.39, 0.29) is 5.69 Å². The lowest BCUT2D eigenvalue weighted by Gasteiger charge is -2.06. The van der Waals surface area contributed by atoms with Crippen molar-refractivity contribution >= 4 is 17.3 Å². The lowest BCUT2D eigenvalue weighted by molar-refractivity contribution is -0.385. The predicted molar refractivity (Wildman–Crippen MR) is 80.4 cm³/mol. The van der Waals surface area contributed by atoms with Crippen LogP contribution in [0.15, 0.2) is 23.3 Å². The maximum Gasteiger partial charge on any atom is 0.273 e. The van der Waals surface area contributed by atoms with Crippen LogP contribution in [0.1, 0.15) is 54.4 Å². The fraction of sp³-hybridized carbons (Fsp3) is 0.467. The molecule has 0 atom stereocenters. The summed E-state index contributed by atoms with van der Waals surface area (Å²) in [7, 11) is 0. The summed E-state index contributed by atoms with van der Waals surface area (Å²) < 4.78 is 0. The summed E-state index contributed by atoms with van der Waals surface area (Å²) in [5.74, 6) is -0.395. The second kappa shape index (κ2) is 6.97. The van der Waals surface area contributed by atoms with Crippen LogP contribution in [-0.4, -0.2) is 16.5 Å². The minimum atomic E-state index is -0.483. The fourth-order valence-corrected chi connectivity index (χ4v) is 2.51. The van der Waals surface area contributed by atoms with Crippen LogP contribution in [0.25, 0.3) is 0 Å². The normalized spacial score (nSPS) is 15.2. The molecule has 6 nitrogen and oxygen atoms in total. The molecule has 1 aliphatic carbocycles. The number of amides is 1. The highest BCUT2D eigenvalue weighted by Gasteiger charge is 2.17. The second-order valence-electron chi connectivity index (χ2n) is 5.24. The first-order valence-electron chi connectivity index (χ1n) is 7.19. The minimum absolute atomic E-state index is 0.0511. The Balaban J connectivity index is 2.11. The van der Waals surface area contributed by atoms with Crippen molar-refractivity contribution in [2.75, 3.05) is 0 Å². The lowest BCUT2D eigenvalue weighted by Crippen LogP contribution is -2.21. The van der Waals surface area contributed by atoms with E-state index in [0.717, 1.165) is 31.4 Å². The third-order valence-electron chi connectivity index (χ3n) is 3.74. The summed E-state index contributed by atoms with van der Waals surface area (Å²) in [5.41, 5.74) is 4.14. The summed E-state index contributed by atoms with van der Waals surface area (Å²) in [4.78, 5) is 22.5. The Morgan fingerprint density at radius 3 is 2.52 bits per heavy atom. The summed E-state index contributed by atoms with van der Waals surface area (Å²) in [6, 6.07) is 4.48. The summed E-state index contributed by atoms with van der Waals surface area (Å²) in [6.45, 7) is 1.58. The van der Waals surface area contributed by atoms with Gasteiger partial charge in [0, 0.05) is 17.3 Å². The Kier molecular flexibility index (Phi) is 5.03. The molecule has 0 spiro atoms. The van der Waals surface area contributed by atoms with E-state index in [0.29, 0.717) is 11.1 Å². The minimum Gasteiger partial charge on any atom is -0.267 e. The average molecular weight is 289 g/mol. The fourth-order valence-electron chi connectivity index (χ4n) is 2.51. The molecule has 1 saturated carbocycles. The van der Waals surface area contributed by atoms with Crippen LogP contribution < -0.4 is 5.43 Å². The van der Waals surface area contributed by atoms with E-state index in [9.17, 15) is 14.9 Å². The number of nitro benzene ring substituents is 1. The standard InChI is InChI=1S/C15H19N3O3/c1-11-13(9-6-10-14(11)18(20)21)15(19)17-16-12-7-4-2-3-5-8-12/h6,9-10H,2-5,7-8H2,1H3,(H,17,19). The number of carbonyl (C=O) groups is 1. The molecule has 0 radical (unpaired) electrons. The summed E-state index contributed by atoms with van der Waals surface area (Å²) >= 11 is 0. The smallest absolute Gasteiger partial charge is 0.267 e. The molecule has 0 aromatic heterocycles. The molecule has 1 N–H and O–H groups in total. The van der Waals surface area contributed by atoms with Gasteiger partial charge >= 0.3 is 0 Å². The number of benzene rings is 1. The first-order valence-corrected chi connectivity index (χ1v) is 7.19. The number of hydrogen-bond donors (Lipinski definition) is 1. The zero-order valence-electron chi connectivity index (χ0n) is 12.1. The molecular formula is C15H19N3O3. The molecule has 1 amide bonds. The van der Waals surface area contributed by atoms with Gasteiger partial charge in [0.15, 0.2) is 0 Å². The highest BCUT2D eigenvalue weighted by atomic mass is 16.6. The molecule has 0 aliphatic heterocycles. The Morgan fingerprint density at radius 1 is 1.24 bits per heavy atom. The maximum absolute atomic E-state index is 12.1. The number of hydrazone groups is 1. The molecule has 0 unspecified atom stereocenters. The van der Waals surface area contributed by atoms with Crippen LogP contribution in [0, 0.1) is 17.0 Å². The van der Waals surface area contributed by atoms with Crippen LogP contribution in [0.2, 0.25) is 0 Å². The van der Waals surface area contributed by atoms with Crippen molar-refractivity contribution in [3.8, 4) is 0 Å². The number of carbonyl (C=O) groups excluding carboxylic acids is 1. The van der Waals surface area contributed by atoms with Crippen LogP contribution in [0.3, 0.4) is 0 Å². The molecule has 112 valence electrons. The third kappa shape index (κ3) is 3.87. The van der Waals surface area contributed by atoms with Crippen molar-refractivity contribution in [1.29, 1.82) is 0 Å². The largest absolute Gasteiger partial charge is 0.273 e. The van der Waals surface area contributed by atoms with Gasteiger partial charge < -0.3 is 0 Å². The monoisotopic (exact) mass is 289 g/mol. The Morgan fingerprint density at radius 2 is 1.90 bits per heavy atom. The molecule has 1 aliphatic rings. The van der Waals surface area contributed by atoms with Gasteiger partial charge in [-0.1, -0.05) is 18.9 Å². The van der Waals surface area contributed by atoms with Gasteiger partial charge in [0.2, 0.25) is 0 Å². The molecule has 21 heavy (non-hydrogen) atoms. The molecule has 6 heteroatoms. The molecule has 0 saturated heterocycles. The van der Waals surface area contributed by atoms with Gasteiger partial charge in [-0.3, -0.25) is 14.9 Å².